The van der Waals surface area contributed by atoms with E-state index in [1.54, 1.807) is 7.11 Å². The van der Waals surface area contributed by atoms with E-state index < -0.39 is 0 Å². The molecule has 1 aromatic rings. The predicted octanol–water partition coefficient (Wildman–Crippen LogP) is 2.45. The molecule has 21 heavy (non-hydrogen) atoms. The van der Waals surface area contributed by atoms with Crippen LogP contribution in [-0.4, -0.2) is 31.1 Å². The summed E-state index contributed by atoms with van der Waals surface area (Å²) in [6.45, 7) is 6.37. The number of carbonyl (C=O) groups excluding carboxylic acids is 1. The van der Waals surface area contributed by atoms with Gasteiger partial charge in [0.2, 0.25) is 5.91 Å². The molecule has 2 N–H and O–H groups in total. The van der Waals surface area contributed by atoms with Crippen molar-refractivity contribution in [3.05, 3.63) is 29.8 Å². The molecule has 1 amide bonds. The highest BCUT2D eigenvalue weighted by Gasteiger charge is 2.30. The molecule has 1 aliphatic rings. The normalized spacial score (nSPS) is 21.5. The van der Waals surface area contributed by atoms with Crippen LogP contribution < -0.4 is 15.4 Å². The molecule has 4 nitrogen and oxygen atoms in total. The average Bonchev–Trinajstić information content (AvgIpc) is 2.35. The van der Waals surface area contributed by atoms with Gasteiger partial charge in [0.05, 0.1) is 13.7 Å². The first kappa shape index (κ1) is 15.8. The molecule has 1 aliphatic carbocycles. The molecular weight excluding hydrogens is 264 g/mol. The lowest BCUT2D eigenvalue weighted by molar-refractivity contribution is -0.121. The van der Waals surface area contributed by atoms with Crippen molar-refractivity contribution in [1.29, 1.82) is 0 Å². The molecule has 0 spiro atoms. The van der Waals surface area contributed by atoms with Crippen LogP contribution >= 0.6 is 0 Å². The van der Waals surface area contributed by atoms with E-state index in [0.29, 0.717) is 18.5 Å². The minimum atomic E-state index is -0.165. The Labute approximate surface area is 127 Å². The zero-order valence-electron chi connectivity index (χ0n) is 13.4. The molecular formula is C17H26N2O2. The maximum absolute atomic E-state index is 11.7. The molecule has 0 aliphatic heterocycles. The van der Waals surface area contributed by atoms with Crippen LogP contribution in [0.4, 0.5) is 0 Å². The largest absolute Gasteiger partial charge is 0.497 e. The first-order valence-electron chi connectivity index (χ1n) is 7.56. The second-order valence-electron chi connectivity index (χ2n) is 6.82. The number of hydrogen-bond acceptors (Lipinski definition) is 3. The Morgan fingerprint density at radius 1 is 1.33 bits per heavy atom. The summed E-state index contributed by atoms with van der Waals surface area (Å²) >= 11 is 0. The van der Waals surface area contributed by atoms with Gasteiger partial charge in [0.1, 0.15) is 5.75 Å². The van der Waals surface area contributed by atoms with Gasteiger partial charge in [-0.25, -0.2) is 0 Å². The van der Waals surface area contributed by atoms with Gasteiger partial charge in [0.15, 0.2) is 0 Å². The molecule has 1 fully saturated rings. The first-order chi connectivity index (χ1) is 9.87. The minimum Gasteiger partial charge on any atom is -0.497 e. The van der Waals surface area contributed by atoms with E-state index in [-0.39, 0.29) is 11.4 Å². The van der Waals surface area contributed by atoms with Crippen LogP contribution in [0.2, 0.25) is 0 Å². The van der Waals surface area contributed by atoms with Crippen LogP contribution in [0.1, 0.15) is 45.1 Å². The van der Waals surface area contributed by atoms with Crippen molar-refractivity contribution in [2.45, 2.75) is 51.1 Å². The van der Waals surface area contributed by atoms with E-state index in [1.807, 2.05) is 32.9 Å². The van der Waals surface area contributed by atoms with Crippen LogP contribution in [0.5, 0.6) is 5.75 Å². The maximum Gasteiger partial charge on any atom is 0.234 e. The van der Waals surface area contributed by atoms with Crippen molar-refractivity contribution in [1.82, 2.24) is 10.6 Å². The lowest BCUT2D eigenvalue weighted by atomic mass is 9.76. The summed E-state index contributed by atoms with van der Waals surface area (Å²) in [5.41, 5.74) is 1.16. The van der Waals surface area contributed by atoms with Gasteiger partial charge in [-0.3, -0.25) is 4.79 Å². The van der Waals surface area contributed by atoms with Gasteiger partial charge in [0, 0.05) is 11.6 Å². The van der Waals surface area contributed by atoms with Crippen molar-refractivity contribution in [3.8, 4) is 5.75 Å². The summed E-state index contributed by atoms with van der Waals surface area (Å²) < 4.78 is 5.26. The molecule has 0 heterocycles. The highest BCUT2D eigenvalue weighted by atomic mass is 16.5. The number of carbonyl (C=O) groups is 1. The number of nitrogens with one attached hydrogen (secondary N) is 2. The molecule has 1 saturated carbocycles. The Balaban J connectivity index is 1.73. The summed E-state index contributed by atoms with van der Waals surface area (Å²) in [7, 11) is 1.69. The van der Waals surface area contributed by atoms with Gasteiger partial charge in [-0.2, -0.15) is 0 Å². The lowest BCUT2D eigenvalue weighted by Gasteiger charge is -2.36. The third kappa shape index (κ3) is 4.74. The molecule has 0 atom stereocenters. The smallest absolute Gasteiger partial charge is 0.234 e. The second-order valence-corrected chi connectivity index (χ2v) is 6.82. The number of benzene rings is 1. The van der Waals surface area contributed by atoms with E-state index in [4.69, 9.17) is 4.74 Å². The number of hydrogen-bond donors (Lipinski definition) is 2. The molecule has 4 heteroatoms. The zero-order valence-corrected chi connectivity index (χ0v) is 13.4. The van der Waals surface area contributed by atoms with Crippen LogP contribution in [0.25, 0.3) is 0 Å². The van der Waals surface area contributed by atoms with Gasteiger partial charge in [-0.1, -0.05) is 12.1 Å². The number of methoxy groups -OCH3 is 1. The van der Waals surface area contributed by atoms with Gasteiger partial charge in [-0.05, 0) is 57.2 Å². The third-order valence-electron chi connectivity index (χ3n) is 3.77. The van der Waals surface area contributed by atoms with Crippen LogP contribution in [0, 0.1) is 0 Å². The minimum absolute atomic E-state index is 0.0623. The van der Waals surface area contributed by atoms with Crippen molar-refractivity contribution in [3.63, 3.8) is 0 Å². The molecule has 116 valence electrons. The summed E-state index contributed by atoms with van der Waals surface area (Å²) in [6.07, 6.45) is 2.16. The quantitative estimate of drug-likeness (QED) is 0.876. The van der Waals surface area contributed by atoms with Crippen molar-refractivity contribution >= 4 is 5.91 Å². The van der Waals surface area contributed by atoms with Gasteiger partial charge >= 0.3 is 0 Å². The van der Waals surface area contributed by atoms with Gasteiger partial charge < -0.3 is 15.4 Å². The Bertz CT molecular complexity index is 488. The summed E-state index contributed by atoms with van der Waals surface area (Å²) in [5.74, 6) is 1.55. The van der Waals surface area contributed by atoms with Crippen molar-refractivity contribution in [2.24, 2.45) is 0 Å². The standard InChI is InChI=1S/C17H26N2O2/c1-17(2,3)19-16(20)11-18-14-8-13(9-14)12-6-5-7-15(10-12)21-4/h5-7,10,13-14,18H,8-9,11H2,1-4H3,(H,19,20). The summed E-state index contributed by atoms with van der Waals surface area (Å²) in [4.78, 5) is 11.7. The average molecular weight is 290 g/mol. The van der Waals surface area contributed by atoms with Gasteiger partial charge in [-0.15, -0.1) is 0 Å². The molecule has 0 bridgehead atoms. The number of rotatable bonds is 5. The number of ether oxygens (including phenoxy) is 1. The Morgan fingerprint density at radius 3 is 2.67 bits per heavy atom. The molecule has 1 aromatic carbocycles. The Morgan fingerprint density at radius 2 is 2.05 bits per heavy atom. The number of amides is 1. The monoisotopic (exact) mass is 290 g/mol. The van der Waals surface area contributed by atoms with E-state index in [0.717, 1.165) is 18.6 Å². The third-order valence-corrected chi connectivity index (χ3v) is 3.77. The molecule has 0 unspecified atom stereocenters. The molecule has 2 rings (SSSR count). The van der Waals surface area contributed by atoms with E-state index >= 15 is 0 Å². The highest BCUT2D eigenvalue weighted by Crippen LogP contribution is 2.37. The van der Waals surface area contributed by atoms with Crippen molar-refractivity contribution < 1.29 is 9.53 Å². The summed E-state index contributed by atoms with van der Waals surface area (Å²) in [5, 5.41) is 6.29. The van der Waals surface area contributed by atoms with E-state index in [1.165, 1.54) is 5.56 Å². The van der Waals surface area contributed by atoms with E-state index in [2.05, 4.69) is 22.8 Å². The van der Waals surface area contributed by atoms with Crippen LogP contribution in [0.15, 0.2) is 24.3 Å². The fourth-order valence-corrected chi connectivity index (χ4v) is 2.65. The molecule has 0 radical (unpaired) electrons. The SMILES string of the molecule is COc1cccc(C2CC(NCC(=O)NC(C)(C)C)C2)c1. The fourth-order valence-electron chi connectivity index (χ4n) is 2.65. The highest BCUT2D eigenvalue weighted by molar-refractivity contribution is 5.78. The lowest BCUT2D eigenvalue weighted by Crippen LogP contribution is -2.49. The van der Waals surface area contributed by atoms with Crippen molar-refractivity contribution in [2.75, 3.05) is 13.7 Å². The van der Waals surface area contributed by atoms with Crippen LogP contribution in [0.3, 0.4) is 0 Å². The fraction of sp³-hybridized carbons (Fsp3) is 0.588. The van der Waals surface area contributed by atoms with Crippen LogP contribution in [-0.2, 0) is 4.79 Å². The second kappa shape index (κ2) is 6.48. The Kier molecular flexibility index (Phi) is 4.88. The topological polar surface area (TPSA) is 50.4 Å². The first-order valence-corrected chi connectivity index (χ1v) is 7.56. The Hall–Kier alpha value is -1.55. The van der Waals surface area contributed by atoms with E-state index in [9.17, 15) is 4.79 Å². The summed E-state index contributed by atoms with van der Waals surface area (Å²) in [6, 6.07) is 8.69. The molecule has 0 aromatic heterocycles. The molecule has 0 saturated heterocycles. The maximum atomic E-state index is 11.7. The predicted molar refractivity (Wildman–Crippen MR) is 84.7 cm³/mol. The zero-order chi connectivity index (χ0) is 15.5. The van der Waals surface area contributed by atoms with Gasteiger partial charge in [0.25, 0.3) is 0 Å².